The van der Waals surface area contributed by atoms with Crippen molar-refractivity contribution in [1.82, 2.24) is 25.1 Å². The molecule has 78 valence electrons. The standard InChI is InChI=1S/C7H7N5O3/c1-14-7(13)5-2-12(11-10-5)3-6-8-4-9-15-6/h2,4H,3H2,1H3. The summed E-state index contributed by atoms with van der Waals surface area (Å²) in [6.45, 7) is 0.268. The summed E-state index contributed by atoms with van der Waals surface area (Å²) < 4.78 is 10.6. The van der Waals surface area contributed by atoms with Crippen molar-refractivity contribution < 1.29 is 14.1 Å². The minimum Gasteiger partial charge on any atom is -0.464 e. The van der Waals surface area contributed by atoms with Gasteiger partial charge in [0.1, 0.15) is 6.54 Å². The summed E-state index contributed by atoms with van der Waals surface area (Å²) in [5, 5.41) is 10.8. The van der Waals surface area contributed by atoms with E-state index < -0.39 is 5.97 Å². The zero-order valence-electron chi connectivity index (χ0n) is 7.82. The molecule has 8 nitrogen and oxygen atoms in total. The largest absolute Gasteiger partial charge is 0.464 e. The van der Waals surface area contributed by atoms with E-state index in [0.29, 0.717) is 5.89 Å². The zero-order chi connectivity index (χ0) is 10.7. The van der Waals surface area contributed by atoms with Crippen LogP contribution in [0.2, 0.25) is 0 Å². The lowest BCUT2D eigenvalue weighted by molar-refractivity contribution is 0.0594. The number of methoxy groups -OCH3 is 1. The molecule has 0 amide bonds. The predicted octanol–water partition coefficient (Wildman–Crippen LogP) is -0.504. The molecule has 0 spiro atoms. The van der Waals surface area contributed by atoms with E-state index in [1.165, 1.54) is 24.3 Å². The zero-order valence-corrected chi connectivity index (χ0v) is 7.82. The van der Waals surface area contributed by atoms with Gasteiger partial charge >= 0.3 is 5.97 Å². The fourth-order valence-corrected chi connectivity index (χ4v) is 0.978. The molecule has 15 heavy (non-hydrogen) atoms. The third-order valence-corrected chi connectivity index (χ3v) is 1.64. The number of ether oxygens (including phenoxy) is 1. The van der Waals surface area contributed by atoms with Crippen LogP contribution in [-0.4, -0.2) is 38.2 Å². The summed E-state index contributed by atoms with van der Waals surface area (Å²) in [5.41, 5.74) is 0.136. The third-order valence-electron chi connectivity index (χ3n) is 1.64. The highest BCUT2D eigenvalue weighted by Gasteiger charge is 2.11. The molecule has 0 atom stereocenters. The Labute approximate surface area is 83.8 Å². The first kappa shape index (κ1) is 9.31. The molecule has 0 aliphatic carbocycles. The number of hydrogen-bond acceptors (Lipinski definition) is 7. The van der Waals surface area contributed by atoms with Gasteiger partial charge in [-0.25, -0.2) is 9.48 Å². The van der Waals surface area contributed by atoms with E-state index in [4.69, 9.17) is 4.52 Å². The molecule has 0 unspecified atom stereocenters. The van der Waals surface area contributed by atoms with Gasteiger partial charge in [0.2, 0.25) is 5.89 Å². The minimum absolute atomic E-state index is 0.136. The molecule has 0 aliphatic heterocycles. The van der Waals surface area contributed by atoms with Gasteiger partial charge in [-0.3, -0.25) is 0 Å². The van der Waals surface area contributed by atoms with Crippen molar-refractivity contribution in [2.24, 2.45) is 0 Å². The van der Waals surface area contributed by atoms with Crippen LogP contribution >= 0.6 is 0 Å². The summed E-state index contributed by atoms with van der Waals surface area (Å²) in [6, 6.07) is 0. The van der Waals surface area contributed by atoms with Crippen molar-refractivity contribution in [3.05, 3.63) is 24.1 Å². The van der Waals surface area contributed by atoms with Crippen LogP contribution in [0.15, 0.2) is 17.0 Å². The number of hydrogen-bond donors (Lipinski definition) is 0. The Kier molecular flexibility index (Phi) is 2.40. The second-order valence-corrected chi connectivity index (χ2v) is 2.63. The molecule has 0 N–H and O–H groups in total. The van der Waals surface area contributed by atoms with E-state index in [-0.39, 0.29) is 12.2 Å². The van der Waals surface area contributed by atoms with Crippen molar-refractivity contribution in [2.75, 3.05) is 7.11 Å². The van der Waals surface area contributed by atoms with E-state index in [1.54, 1.807) is 0 Å². The molecule has 2 heterocycles. The Morgan fingerprint density at radius 2 is 2.53 bits per heavy atom. The van der Waals surface area contributed by atoms with Crippen molar-refractivity contribution >= 4 is 5.97 Å². The second-order valence-electron chi connectivity index (χ2n) is 2.63. The molecule has 2 aromatic rings. The number of rotatable bonds is 3. The minimum atomic E-state index is -0.535. The van der Waals surface area contributed by atoms with Crippen LogP contribution in [0.4, 0.5) is 0 Å². The number of esters is 1. The van der Waals surface area contributed by atoms with Crippen molar-refractivity contribution in [2.45, 2.75) is 6.54 Å². The fourth-order valence-electron chi connectivity index (χ4n) is 0.978. The highest BCUT2D eigenvalue weighted by molar-refractivity contribution is 5.86. The number of nitrogens with zero attached hydrogens (tertiary/aromatic N) is 5. The van der Waals surface area contributed by atoms with Gasteiger partial charge in [-0.15, -0.1) is 5.10 Å². The number of carbonyl (C=O) groups excluding carboxylic acids is 1. The highest BCUT2D eigenvalue weighted by atomic mass is 16.5. The van der Waals surface area contributed by atoms with Gasteiger partial charge in [0.25, 0.3) is 0 Å². The molecule has 2 rings (SSSR count). The van der Waals surface area contributed by atoms with Gasteiger partial charge in [-0.1, -0.05) is 10.4 Å². The molecule has 0 saturated heterocycles. The maximum absolute atomic E-state index is 11.0. The fraction of sp³-hybridized carbons (Fsp3) is 0.286. The van der Waals surface area contributed by atoms with Crippen LogP contribution in [0.3, 0.4) is 0 Å². The van der Waals surface area contributed by atoms with Crippen LogP contribution < -0.4 is 0 Å². The molecule has 0 bridgehead atoms. The lowest BCUT2D eigenvalue weighted by atomic mass is 10.5. The molecular weight excluding hydrogens is 202 g/mol. The van der Waals surface area contributed by atoms with Crippen molar-refractivity contribution in [3.8, 4) is 0 Å². The van der Waals surface area contributed by atoms with Gasteiger partial charge in [-0.05, 0) is 0 Å². The quantitative estimate of drug-likeness (QED) is 0.628. The molecule has 2 aromatic heterocycles. The van der Waals surface area contributed by atoms with Crippen LogP contribution in [0.5, 0.6) is 0 Å². The van der Waals surface area contributed by atoms with E-state index in [0.717, 1.165) is 0 Å². The Balaban J connectivity index is 2.11. The second kappa shape index (κ2) is 3.86. The average molecular weight is 209 g/mol. The molecule has 8 heteroatoms. The number of carbonyl (C=O) groups is 1. The van der Waals surface area contributed by atoms with Crippen LogP contribution in [0, 0.1) is 0 Å². The first-order valence-corrected chi connectivity index (χ1v) is 4.03. The van der Waals surface area contributed by atoms with Crippen LogP contribution in [0.1, 0.15) is 16.4 Å². The predicted molar refractivity (Wildman–Crippen MR) is 44.8 cm³/mol. The first-order chi connectivity index (χ1) is 7.29. The summed E-state index contributed by atoms with van der Waals surface area (Å²) in [6.07, 6.45) is 2.73. The SMILES string of the molecule is COC(=O)c1cn(Cc2ncno2)nn1. The van der Waals surface area contributed by atoms with E-state index in [1.807, 2.05) is 0 Å². The van der Waals surface area contributed by atoms with Crippen molar-refractivity contribution in [3.63, 3.8) is 0 Å². The van der Waals surface area contributed by atoms with Gasteiger partial charge < -0.3 is 9.26 Å². The summed E-state index contributed by atoms with van der Waals surface area (Å²) in [5.74, 6) is -0.150. The smallest absolute Gasteiger partial charge is 0.360 e. The van der Waals surface area contributed by atoms with Gasteiger partial charge in [0.15, 0.2) is 12.0 Å². The Bertz CT molecular complexity index is 449. The number of aromatic nitrogens is 5. The van der Waals surface area contributed by atoms with Gasteiger partial charge in [0.05, 0.1) is 13.3 Å². The van der Waals surface area contributed by atoms with Crippen molar-refractivity contribution in [1.29, 1.82) is 0 Å². The maximum Gasteiger partial charge on any atom is 0.360 e. The molecule has 0 fully saturated rings. The van der Waals surface area contributed by atoms with E-state index in [2.05, 4.69) is 25.2 Å². The maximum atomic E-state index is 11.0. The summed E-state index contributed by atoms with van der Waals surface area (Å²) >= 11 is 0. The Hall–Kier alpha value is -2.25. The first-order valence-electron chi connectivity index (χ1n) is 4.03. The average Bonchev–Trinajstić information content (AvgIpc) is 2.88. The topological polar surface area (TPSA) is 95.9 Å². The Morgan fingerprint density at radius 1 is 1.67 bits per heavy atom. The third kappa shape index (κ3) is 1.98. The molecule has 0 aromatic carbocycles. The lowest BCUT2D eigenvalue weighted by Crippen LogP contribution is -2.02. The highest BCUT2D eigenvalue weighted by Crippen LogP contribution is 1.99. The van der Waals surface area contributed by atoms with Gasteiger partial charge in [0, 0.05) is 0 Å². The molecule has 0 aliphatic rings. The monoisotopic (exact) mass is 209 g/mol. The molecule has 0 radical (unpaired) electrons. The van der Waals surface area contributed by atoms with E-state index in [9.17, 15) is 4.79 Å². The normalized spacial score (nSPS) is 10.2. The van der Waals surface area contributed by atoms with E-state index >= 15 is 0 Å². The van der Waals surface area contributed by atoms with Crippen LogP contribution in [0.25, 0.3) is 0 Å². The summed E-state index contributed by atoms with van der Waals surface area (Å²) in [7, 11) is 1.28. The van der Waals surface area contributed by atoms with Crippen LogP contribution in [-0.2, 0) is 11.3 Å². The molecular formula is C7H7N5O3. The van der Waals surface area contributed by atoms with Gasteiger partial charge in [-0.2, -0.15) is 4.98 Å². The lowest BCUT2D eigenvalue weighted by Gasteiger charge is -1.92. The molecule has 0 saturated carbocycles. The summed E-state index contributed by atoms with van der Waals surface area (Å²) in [4.78, 5) is 14.8. The Morgan fingerprint density at radius 3 is 3.20 bits per heavy atom.